The summed E-state index contributed by atoms with van der Waals surface area (Å²) < 4.78 is 24.6. The van der Waals surface area contributed by atoms with Crippen LogP contribution in [0, 0.1) is 5.92 Å². The SMILES string of the molecule is CCNC(CS(=O)(=O)c1ccc(Cl)cc1)C1CC1. The lowest BCUT2D eigenvalue weighted by molar-refractivity contribution is 0.502. The van der Waals surface area contributed by atoms with Crippen LogP contribution in [0.1, 0.15) is 19.8 Å². The third kappa shape index (κ3) is 3.46. The fraction of sp³-hybridized carbons (Fsp3) is 0.538. The second kappa shape index (κ2) is 5.59. The molecule has 100 valence electrons. The number of benzene rings is 1. The zero-order chi connectivity index (χ0) is 13.2. The molecular formula is C13H18ClNO2S. The third-order valence-corrected chi connectivity index (χ3v) is 5.27. The Morgan fingerprint density at radius 1 is 1.33 bits per heavy atom. The Bertz CT molecular complexity index is 494. The van der Waals surface area contributed by atoms with E-state index in [1.54, 1.807) is 24.3 Å². The summed E-state index contributed by atoms with van der Waals surface area (Å²) >= 11 is 5.77. The van der Waals surface area contributed by atoms with Crippen molar-refractivity contribution in [3.05, 3.63) is 29.3 Å². The van der Waals surface area contributed by atoms with E-state index in [4.69, 9.17) is 11.6 Å². The number of sulfone groups is 1. The van der Waals surface area contributed by atoms with Crippen molar-refractivity contribution in [3.8, 4) is 0 Å². The Balaban J connectivity index is 2.12. The van der Waals surface area contributed by atoms with E-state index in [9.17, 15) is 8.42 Å². The van der Waals surface area contributed by atoms with Gasteiger partial charge in [0.25, 0.3) is 0 Å². The molecule has 0 heterocycles. The standard InChI is InChI=1S/C13H18ClNO2S/c1-2-15-13(10-3-4-10)9-18(16,17)12-7-5-11(14)6-8-12/h5-8,10,13,15H,2-4,9H2,1H3. The molecule has 1 fully saturated rings. The smallest absolute Gasteiger partial charge is 0.179 e. The summed E-state index contributed by atoms with van der Waals surface area (Å²) in [5.41, 5.74) is 0. The van der Waals surface area contributed by atoms with Crippen LogP contribution in [0.25, 0.3) is 0 Å². The summed E-state index contributed by atoms with van der Waals surface area (Å²) in [6.07, 6.45) is 2.27. The van der Waals surface area contributed by atoms with E-state index in [0.29, 0.717) is 15.8 Å². The van der Waals surface area contributed by atoms with Gasteiger partial charge in [-0.2, -0.15) is 0 Å². The van der Waals surface area contributed by atoms with Gasteiger partial charge in [-0.05, 0) is 49.6 Å². The van der Waals surface area contributed by atoms with Gasteiger partial charge in [-0.15, -0.1) is 0 Å². The maximum atomic E-state index is 12.3. The van der Waals surface area contributed by atoms with Gasteiger partial charge in [-0.3, -0.25) is 0 Å². The van der Waals surface area contributed by atoms with Crippen LogP contribution in [0.5, 0.6) is 0 Å². The summed E-state index contributed by atoms with van der Waals surface area (Å²) in [6, 6.07) is 6.47. The largest absolute Gasteiger partial charge is 0.313 e. The van der Waals surface area contributed by atoms with E-state index in [0.717, 1.165) is 19.4 Å². The second-order valence-electron chi connectivity index (χ2n) is 4.74. The van der Waals surface area contributed by atoms with Crippen LogP contribution in [-0.2, 0) is 9.84 Å². The molecule has 1 saturated carbocycles. The van der Waals surface area contributed by atoms with Gasteiger partial charge in [-0.1, -0.05) is 18.5 Å². The molecule has 0 aromatic heterocycles. The lowest BCUT2D eigenvalue weighted by Gasteiger charge is -2.17. The highest BCUT2D eigenvalue weighted by Crippen LogP contribution is 2.34. The molecule has 1 atom stereocenters. The van der Waals surface area contributed by atoms with Gasteiger partial charge in [0.05, 0.1) is 10.6 Å². The first-order chi connectivity index (χ1) is 8.53. The van der Waals surface area contributed by atoms with E-state index in [2.05, 4.69) is 5.32 Å². The zero-order valence-electron chi connectivity index (χ0n) is 10.4. The lowest BCUT2D eigenvalue weighted by Crippen LogP contribution is -2.37. The first-order valence-electron chi connectivity index (χ1n) is 6.24. The average molecular weight is 288 g/mol. The quantitative estimate of drug-likeness (QED) is 0.874. The van der Waals surface area contributed by atoms with Crippen molar-refractivity contribution < 1.29 is 8.42 Å². The Morgan fingerprint density at radius 3 is 2.44 bits per heavy atom. The van der Waals surface area contributed by atoms with Crippen molar-refractivity contribution in [1.82, 2.24) is 5.32 Å². The lowest BCUT2D eigenvalue weighted by atomic mass is 10.2. The molecule has 1 aliphatic rings. The molecule has 18 heavy (non-hydrogen) atoms. The fourth-order valence-corrected chi connectivity index (χ4v) is 3.83. The maximum Gasteiger partial charge on any atom is 0.179 e. The monoisotopic (exact) mass is 287 g/mol. The van der Waals surface area contributed by atoms with E-state index in [1.165, 1.54) is 0 Å². The summed E-state index contributed by atoms with van der Waals surface area (Å²) in [5, 5.41) is 3.83. The number of halogens is 1. The van der Waals surface area contributed by atoms with Crippen molar-refractivity contribution in [3.63, 3.8) is 0 Å². The number of nitrogens with one attached hydrogen (secondary N) is 1. The Morgan fingerprint density at radius 2 is 1.94 bits per heavy atom. The molecule has 1 aliphatic carbocycles. The molecule has 0 amide bonds. The van der Waals surface area contributed by atoms with E-state index >= 15 is 0 Å². The van der Waals surface area contributed by atoms with Crippen molar-refractivity contribution in [2.75, 3.05) is 12.3 Å². The summed E-state index contributed by atoms with van der Waals surface area (Å²) in [7, 11) is -3.22. The van der Waals surface area contributed by atoms with Crippen LogP contribution in [0.3, 0.4) is 0 Å². The van der Waals surface area contributed by atoms with Gasteiger partial charge in [0.15, 0.2) is 9.84 Å². The number of hydrogen-bond donors (Lipinski definition) is 1. The number of rotatable bonds is 6. The molecule has 0 aliphatic heterocycles. The van der Waals surface area contributed by atoms with Crippen LogP contribution in [-0.4, -0.2) is 26.8 Å². The predicted molar refractivity (Wildman–Crippen MR) is 73.7 cm³/mol. The van der Waals surface area contributed by atoms with Gasteiger partial charge in [0.1, 0.15) is 0 Å². The third-order valence-electron chi connectivity index (χ3n) is 3.23. The second-order valence-corrected chi connectivity index (χ2v) is 7.21. The van der Waals surface area contributed by atoms with Crippen molar-refractivity contribution >= 4 is 21.4 Å². The first kappa shape index (κ1) is 13.8. The maximum absolute atomic E-state index is 12.3. The van der Waals surface area contributed by atoms with Gasteiger partial charge >= 0.3 is 0 Å². The van der Waals surface area contributed by atoms with Crippen LogP contribution in [0.2, 0.25) is 5.02 Å². The first-order valence-corrected chi connectivity index (χ1v) is 8.27. The van der Waals surface area contributed by atoms with E-state index in [1.807, 2.05) is 6.92 Å². The van der Waals surface area contributed by atoms with Crippen LogP contribution < -0.4 is 5.32 Å². The van der Waals surface area contributed by atoms with Gasteiger partial charge in [0.2, 0.25) is 0 Å². The minimum atomic E-state index is -3.22. The molecule has 0 spiro atoms. The topological polar surface area (TPSA) is 46.2 Å². The molecule has 3 nitrogen and oxygen atoms in total. The molecule has 0 radical (unpaired) electrons. The molecular weight excluding hydrogens is 270 g/mol. The van der Waals surface area contributed by atoms with Gasteiger partial charge in [-0.25, -0.2) is 8.42 Å². The molecule has 5 heteroatoms. The molecule has 1 aromatic carbocycles. The summed E-state index contributed by atoms with van der Waals surface area (Å²) in [6.45, 7) is 2.81. The van der Waals surface area contributed by atoms with Crippen molar-refractivity contribution in [2.45, 2.75) is 30.7 Å². The van der Waals surface area contributed by atoms with Crippen LogP contribution in [0.4, 0.5) is 0 Å². The normalized spacial score (nSPS) is 17.7. The van der Waals surface area contributed by atoms with Gasteiger partial charge in [0, 0.05) is 11.1 Å². The molecule has 2 rings (SSSR count). The number of hydrogen-bond acceptors (Lipinski definition) is 3. The summed E-state index contributed by atoms with van der Waals surface area (Å²) in [4.78, 5) is 0.357. The molecule has 1 unspecified atom stereocenters. The molecule has 0 bridgehead atoms. The fourth-order valence-electron chi connectivity index (χ4n) is 2.10. The minimum absolute atomic E-state index is 0.0793. The van der Waals surface area contributed by atoms with Crippen molar-refractivity contribution in [1.29, 1.82) is 0 Å². The van der Waals surface area contributed by atoms with Gasteiger partial charge < -0.3 is 5.32 Å². The van der Waals surface area contributed by atoms with Crippen molar-refractivity contribution in [2.24, 2.45) is 5.92 Å². The van der Waals surface area contributed by atoms with Crippen LogP contribution in [0.15, 0.2) is 29.2 Å². The average Bonchev–Trinajstić information content (AvgIpc) is 3.12. The zero-order valence-corrected chi connectivity index (χ0v) is 12.0. The summed E-state index contributed by atoms with van der Waals surface area (Å²) in [5.74, 6) is 0.694. The highest BCUT2D eigenvalue weighted by atomic mass is 35.5. The van der Waals surface area contributed by atoms with E-state index < -0.39 is 9.84 Å². The molecule has 1 N–H and O–H groups in total. The highest BCUT2D eigenvalue weighted by Gasteiger charge is 2.34. The van der Waals surface area contributed by atoms with E-state index in [-0.39, 0.29) is 11.8 Å². The molecule has 1 aromatic rings. The Kier molecular flexibility index (Phi) is 4.30. The van der Waals surface area contributed by atoms with Crippen LogP contribution >= 0.6 is 11.6 Å². The predicted octanol–water partition coefficient (Wildman–Crippen LogP) is 2.50. The Labute approximate surface area is 113 Å². The molecule has 0 saturated heterocycles. The minimum Gasteiger partial charge on any atom is -0.313 e. The Hall–Kier alpha value is -0.580. The highest BCUT2D eigenvalue weighted by molar-refractivity contribution is 7.91.